The van der Waals surface area contributed by atoms with E-state index in [1.54, 1.807) is 29.1 Å². The zero-order valence-electron chi connectivity index (χ0n) is 20.0. The van der Waals surface area contributed by atoms with E-state index in [1.807, 2.05) is 51.2 Å². The van der Waals surface area contributed by atoms with Crippen LogP contribution in [-0.2, 0) is 5.41 Å². The Bertz CT molecular complexity index is 1370. The standard InChI is InChI=1S/C27H26ClFN4O2/c1-17-14-33(16-31-17)24-12-11-23(32-26(24)35-4)25(34)30-15-27(2,3)19-7-5-18(6-8-19)21-13-20(29)9-10-22(21)28/h5-14,16H,15H2,1-4H3,(H,30,34). The van der Waals surface area contributed by atoms with Crippen molar-refractivity contribution in [3.05, 3.63) is 94.9 Å². The maximum Gasteiger partial charge on any atom is 0.270 e. The molecule has 0 saturated carbocycles. The lowest BCUT2D eigenvalue weighted by Gasteiger charge is -2.26. The predicted octanol–water partition coefficient (Wildman–Crippen LogP) is 5.75. The molecular weight excluding hydrogens is 467 g/mol. The summed E-state index contributed by atoms with van der Waals surface area (Å²) in [6.45, 7) is 6.36. The van der Waals surface area contributed by atoms with Crippen LogP contribution >= 0.6 is 11.6 Å². The molecule has 2 aromatic carbocycles. The van der Waals surface area contributed by atoms with Crippen molar-refractivity contribution in [1.29, 1.82) is 0 Å². The number of hydrogen-bond acceptors (Lipinski definition) is 4. The highest BCUT2D eigenvalue weighted by Crippen LogP contribution is 2.31. The minimum Gasteiger partial charge on any atom is -0.479 e. The van der Waals surface area contributed by atoms with Crippen LogP contribution in [0.25, 0.3) is 16.8 Å². The van der Waals surface area contributed by atoms with Gasteiger partial charge in [0.15, 0.2) is 0 Å². The number of rotatable bonds is 7. The third-order valence-electron chi connectivity index (χ3n) is 5.85. The molecule has 180 valence electrons. The third kappa shape index (κ3) is 5.35. The first-order chi connectivity index (χ1) is 16.7. The molecule has 0 saturated heterocycles. The molecule has 8 heteroatoms. The predicted molar refractivity (Wildman–Crippen MR) is 135 cm³/mol. The number of aryl methyl sites for hydroxylation is 1. The number of nitrogens with zero attached hydrogens (tertiary/aromatic N) is 3. The van der Waals surface area contributed by atoms with E-state index in [2.05, 4.69) is 15.3 Å². The number of benzene rings is 2. The van der Waals surface area contributed by atoms with Crippen LogP contribution in [0.3, 0.4) is 0 Å². The average molecular weight is 493 g/mol. The Morgan fingerprint density at radius 3 is 2.54 bits per heavy atom. The fourth-order valence-corrected chi connectivity index (χ4v) is 4.00. The zero-order chi connectivity index (χ0) is 25.2. The van der Waals surface area contributed by atoms with Crippen molar-refractivity contribution >= 4 is 17.5 Å². The third-order valence-corrected chi connectivity index (χ3v) is 6.18. The Morgan fingerprint density at radius 1 is 1.14 bits per heavy atom. The first kappa shape index (κ1) is 24.4. The van der Waals surface area contributed by atoms with Gasteiger partial charge in [0.2, 0.25) is 5.88 Å². The lowest BCUT2D eigenvalue weighted by atomic mass is 9.84. The van der Waals surface area contributed by atoms with E-state index in [-0.39, 0.29) is 22.8 Å². The van der Waals surface area contributed by atoms with Gasteiger partial charge in [0.25, 0.3) is 5.91 Å². The fourth-order valence-electron chi connectivity index (χ4n) is 3.77. The number of methoxy groups -OCH3 is 1. The van der Waals surface area contributed by atoms with Crippen molar-refractivity contribution in [1.82, 2.24) is 19.9 Å². The molecule has 0 spiro atoms. The van der Waals surface area contributed by atoms with Gasteiger partial charge in [-0.25, -0.2) is 14.4 Å². The van der Waals surface area contributed by atoms with Gasteiger partial charge in [-0.3, -0.25) is 4.79 Å². The molecule has 2 aromatic heterocycles. The van der Waals surface area contributed by atoms with Gasteiger partial charge in [-0.05, 0) is 48.4 Å². The summed E-state index contributed by atoms with van der Waals surface area (Å²) in [6, 6.07) is 15.5. The number of amides is 1. The van der Waals surface area contributed by atoms with Crippen LogP contribution in [0.1, 0.15) is 35.6 Å². The van der Waals surface area contributed by atoms with Crippen LogP contribution in [0, 0.1) is 12.7 Å². The smallest absolute Gasteiger partial charge is 0.270 e. The van der Waals surface area contributed by atoms with Crippen molar-refractivity contribution in [3.63, 3.8) is 0 Å². The van der Waals surface area contributed by atoms with Crippen molar-refractivity contribution < 1.29 is 13.9 Å². The Balaban J connectivity index is 1.46. The molecule has 35 heavy (non-hydrogen) atoms. The Labute approximate surface area is 208 Å². The van der Waals surface area contributed by atoms with Crippen LogP contribution in [0.2, 0.25) is 5.02 Å². The topological polar surface area (TPSA) is 69.0 Å². The molecule has 6 nitrogen and oxygen atoms in total. The second kappa shape index (κ2) is 9.88. The molecule has 0 atom stereocenters. The number of aromatic nitrogens is 3. The molecule has 2 heterocycles. The van der Waals surface area contributed by atoms with Crippen LogP contribution in [0.4, 0.5) is 4.39 Å². The molecule has 1 amide bonds. The number of halogens is 2. The van der Waals surface area contributed by atoms with E-state index < -0.39 is 0 Å². The highest BCUT2D eigenvalue weighted by Gasteiger charge is 2.23. The minimum absolute atomic E-state index is 0.259. The van der Waals surface area contributed by atoms with Gasteiger partial charge >= 0.3 is 0 Å². The molecule has 0 fully saturated rings. The van der Waals surface area contributed by atoms with E-state index in [4.69, 9.17) is 16.3 Å². The first-order valence-corrected chi connectivity index (χ1v) is 11.5. The number of ether oxygens (including phenoxy) is 1. The van der Waals surface area contributed by atoms with E-state index in [9.17, 15) is 9.18 Å². The number of nitrogens with one attached hydrogen (secondary N) is 1. The van der Waals surface area contributed by atoms with Crippen molar-refractivity contribution in [2.24, 2.45) is 0 Å². The van der Waals surface area contributed by atoms with E-state index in [0.29, 0.717) is 28.7 Å². The molecule has 0 radical (unpaired) electrons. The molecule has 0 aliphatic rings. The number of carbonyl (C=O) groups excluding carboxylic acids is 1. The van der Waals surface area contributed by atoms with Crippen molar-refractivity contribution in [2.45, 2.75) is 26.2 Å². The van der Waals surface area contributed by atoms with Gasteiger partial charge in [-0.15, -0.1) is 0 Å². The highest BCUT2D eigenvalue weighted by molar-refractivity contribution is 6.33. The summed E-state index contributed by atoms with van der Waals surface area (Å²) < 4.78 is 20.9. The molecular formula is C27H26ClFN4O2. The molecule has 4 aromatic rings. The summed E-state index contributed by atoms with van der Waals surface area (Å²) in [5.41, 5.74) is 3.94. The molecule has 0 bridgehead atoms. The summed E-state index contributed by atoms with van der Waals surface area (Å²) in [5, 5.41) is 3.46. The van der Waals surface area contributed by atoms with Crippen LogP contribution in [-0.4, -0.2) is 34.1 Å². The summed E-state index contributed by atoms with van der Waals surface area (Å²) >= 11 is 6.24. The number of pyridine rings is 1. The Morgan fingerprint density at radius 2 is 1.89 bits per heavy atom. The van der Waals surface area contributed by atoms with E-state index in [1.165, 1.54) is 19.2 Å². The highest BCUT2D eigenvalue weighted by atomic mass is 35.5. The largest absolute Gasteiger partial charge is 0.479 e. The van der Waals surface area contributed by atoms with Crippen molar-refractivity contribution in [3.8, 4) is 22.7 Å². The fraction of sp³-hybridized carbons (Fsp3) is 0.222. The van der Waals surface area contributed by atoms with Gasteiger partial charge in [0.1, 0.15) is 17.2 Å². The Hall–Kier alpha value is -3.71. The van der Waals surface area contributed by atoms with Gasteiger partial charge < -0.3 is 14.6 Å². The molecule has 0 aliphatic carbocycles. The monoisotopic (exact) mass is 492 g/mol. The lowest BCUT2D eigenvalue weighted by molar-refractivity contribution is 0.0940. The quantitative estimate of drug-likeness (QED) is 0.356. The average Bonchev–Trinajstić information content (AvgIpc) is 3.29. The van der Waals surface area contributed by atoms with Crippen LogP contribution < -0.4 is 10.1 Å². The number of carbonyl (C=O) groups is 1. The summed E-state index contributed by atoms with van der Waals surface area (Å²) in [4.78, 5) is 21.5. The van der Waals surface area contributed by atoms with Gasteiger partial charge in [0, 0.05) is 28.7 Å². The van der Waals surface area contributed by atoms with Crippen molar-refractivity contribution in [2.75, 3.05) is 13.7 Å². The van der Waals surface area contributed by atoms with Crippen LogP contribution in [0.5, 0.6) is 5.88 Å². The summed E-state index contributed by atoms with van der Waals surface area (Å²) in [5.74, 6) is -0.302. The molecule has 4 rings (SSSR count). The SMILES string of the molecule is COc1nc(C(=O)NCC(C)(C)c2ccc(-c3cc(F)ccc3Cl)cc2)ccc1-n1cnc(C)c1. The maximum absolute atomic E-state index is 13.7. The van der Waals surface area contributed by atoms with E-state index >= 15 is 0 Å². The molecule has 0 unspecified atom stereocenters. The second-order valence-corrected chi connectivity index (χ2v) is 9.32. The maximum atomic E-state index is 13.7. The number of hydrogen-bond donors (Lipinski definition) is 1. The summed E-state index contributed by atoms with van der Waals surface area (Å²) in [6.07, 6.45) is 3.53. The van der Waals surface area contributed by atoms with E-state index in [0.717, 1.165) is 16.8 Å². The van der Waals surface area contributed by atoms with Gasteiger partial charge in [0.05, 0.1) is 19.1 Å². The normalized spacial score (nSPS) is 11.4. The first-order valence-electron chi connectivity index (χ1n) is 11.1. The molecule has 1 N–H and O–H groups in total. The van der Waals surface area contributed by atoms with Gasteiger partial charge in [-0.2, -0.15) is 0 Å². The second-order valence-electron chi connectivity index (χ2n) is 8.92. The zero-order valence-corrected chi connectivity index (χ0v) is 20.7. The lowest BCUT2D eigenvalue weighted by Crippen LogP contribution is -2.37. The molecule has 0 aliphatic heterocycles. The minimum atomic E-state index is -0.363. The Kier molecular flexibility index (Phi) is 6.89. The van der Waals surface area contributed by atoms with Gasteiger partial charge in [-0.1, -0.05) is 49.7 Å². The summed E-state index contributed by atoms with van der Waals surface area (Å²) in [7, 11) is 1.51. The van der Waals surface area contributed by atoms with Crippen LogP contribution in [0.15, 0.2) is 67.1 Å². The number of imidazole rings is 1.